The molecule has 1 aliphatic carbocycles. The number of carbonyl (C=O) groups excluding carboxylic acids is 1. The first-order chi connectivity index (χ1) is 17.1. The average molecular weight is 523 g/mol. The van der Waals surface area contributed by atoms with Crippen molar-refractivity contribution < 1.29 is 13.2 Å². The van der Waals surface area contributed by atoms with Crippen LogP contribution in [0.2, 0.25) is 0 Å². The molecule has 0 saturated heterocycles. The number of rotatable bonds is 6. The van der Waals surface area contributed by atoms with Crippen molar-refractivity contribution in [1.29, 1.82) is 0 Å². The lowest BCUT2D eigenvalue weighted by Gasteiger charge is -2.37. The van der Waals surface area contributed by atoms with Crippen molar-refractivity contribution >= 4 is 27.3 Å². The average Bonchev–Trinajstić information content (AvgIpc) is 3.57. The van der Waals surface area contributed by atoms with E-state index in [-0.39, 0.29) is 34.8 Å². The Morgan fingerprint density at radius 3 is 2.31 bits per heavy atom. The lowest BCUT2D eigenvalue weighted by molar-refractivity contribution is -0.133. The minimum atomic E-state index is -3.78. The SMILES string of the molecule is Cc1ccc(C2c3ccsc3CCN2C(=O)CN(C2CC2)S(=O)(=O)c2ccc(C(C)(C)C)cc2)cc1. The molecular formula is C29H34N2O3S2. The molecule has 3 aromatic rings. The summed E-state index contributed by atoms with van der Waals surface area (Å²) in [6.45, 7) is 8.82. The van der Waals surface area contributed by atoms with E-state index in [9.17, 15) is 13.2 Å². The predicted molar refractivity (Wildman–Crippen MR) is 145 cm³/mol. The molecule has 5 rings (SSSR count). The zero-order chi connectivity index (χ0) is 25.7. The van der Waals surface area contributed by atoms with Crippen LogP contribution in [0.25, 0.3) is 0 Å². The van der Waals surface area contributed by atoms with E-state index < -0.39 is 10.0 Å². The molecule has 1 fully saturated rings. The van der Waals surface area contributed by atoms with Crippen LogP contribution in [0.1, 0.15) is 66.8 Å². The molecule has 1 unspecified atom stereocenters. The standard InChI is InChI=1S/C29H34N2O3S2/c1-20-5-7-21(8-6-20)28-25-16-18-35-26(25)15-17-30(28)27(32)19-31(23-11-12-23)36(33,34)24-13-9-22(10-14-24)29(2,3)4/h5-10,13-14,16,18,23,28H,11-12,15,17,19H2,1-4H3. The highest BCUT2D eigenvalue weighted by molar-refractivity contribution is 7.89. The molecule has 36 heavy (non-hydrogen) atoms. The van der Waals surface area contributed by atoms with Crippen molar-refractivity contribution in [3.05, 3.63) is 87.1 Å². The second-order valence-electron chi connectivity index (χ2n) is 11.0. The molecule has 7 heteroatoms. The normalized spacial score (nSPS) is 18.4. The number of sulfonamides is 1. The molecule has 0 radical (unpaired) electrons. The lowest BCUT2D eigenvalue weighted by Crippen LogP contribution is -2.47. The molecule has 1 atom stereocenters. The van der Waals surface area contributed by atoms with E-state index in [1.807, 2.05) is 17.0 Å². The first-order valence-corrected chi connectivity index (χ1v) is 14.9. The van der Waals surface area contributed by atoms with Crippen molar-refractivity contribution in [1.82, 2.24) is 9.21 Å². The predicted octanol–water partition coefficient (Wildman–Crippen LogP) is 5.68. The van der Waals surface area contributed by atoms with Gasteiger partial charge in [0.2, 0.25) is 15.9 Å². The topological polar surface area (TPSA) is 57.7 Å². The Morgan fingerprint density at radius 1 is 1.03 bits per heavy atom. The van der Waals surface area contributed by atoms with E-state index in [1.54, 1.807) is 23.5 Å². The Balaban J connectivity index is 1.43. The van der Waals surface area contributed by atoms with Crippen molar-refractivity contribution in [2.45, 2.75) is 69.4 Å². The maximum Gasteiger partial charge on any atom is 0.243 e. The number of benzene rings is 2. The highest BCUT2D eigenvalue weighted by atomic mass is 32.2. The van der Waals surface area contributed by atoms with E-state index in [0.717, 1.165) is 36.0 Å². The fourth-order valence-electron chi connectivity index (χ4n) is 4.95. The zero-order valence-corrected chi connectivity index (χ0v) is 23.0. The monoisotopic (exact) mass is 522 g/mol. The van der Waals surface area contributed by atoms with E-state index >= 15 is 0 Å². The van der Waals surface area contributed by atoms with Gasteiger partial charge in [-0.25, -0.2) is 8.42 Å². The van der Waals surface area contributed by atoms with E-state index in [2.05, 4.69) is 63.4 Å². The number of thiophene rings is 1. The third-order valence-corrected chi connectivity index (χ3v) is 10.2. The highest BCUT2D eigenvalue weighted by Crippen LogP contribution is 2.39. The Labute approximate surface area is 218 Å². The van der Waals surface area contributed by atoms with Gasteiger partial charge in [-0.1, -0.05) is 62.7 Å². The van der Waals surface area contributed by atoms with Gasteiger partial charge in [0.15, 0.2) is 0 Å². The molecule has 2 aromatic carbocycles. The van der Waals surface area contributed by atoms with Crippen LogP contribution in [0, 0.1) is 6.92 Å². The van der Waals surface area contributed by atoms with Gasteiger partial charge in [0.05, 0.1) is 17.5 Å². The lowest BCUT2D eigenvalue weighted by atomic mass is 9.87. The summed E-state index contributed by atoms with van der Waals surface area (Å²) in [5.41, 5.74) is 4.40. The summed E-state index contributed by atoms with van der Waals surface area (Å²) in [7, 11) is -3.78. The number of nitrogens with zero attached hydrogens (tertiary/aromatic N) is 2. The summed E-state index contributed by atoms with van der Waals surface area (Å²) in [6.07, 6.45) is 2.39. The van der Waals surface area contributed by atoms with Gasteiger partial charge >= 0.3 is 0 Å². The zero-order valence-electron chi connectivity index (χ0n) is 21.4. The van der Waals surface area contributed by atoms with Gasteiger partial charge in [-0.15, -0.1) is 11.3 Å². The van der Waals surface area contributed by atoms with Crippen molar-refractivity contribution in [2.24, 2.45) is 0 Å². The van der Waals surface area contributed by atoms with E-state index in [0.29, 0.717) is 6.54 Å². The molecule has 1 aliphatic heterocycles. The Bertz CT molecular complexity index is 1350. The Hall–Kier alpha value is -2.48. The van der Waals surface area contributed by atoms with Gasteiger partial charge in [-0.2, -0.15) is 4.31 Å². The van der Waals surface area contributed by atoms with Crippen LogP contribution in [0.3, 0.4) is 0 Å². The molecule has 1 amide bonds. The molecule has 0 spiro atoms. The van der Waals surface area contributed by atoms with Crippen molar-refractivity contribution in [2.75, 3.05) is 13.1 Å². The quantitative estimate of drug-likeness (QED) is 0.418. The fraction of sp³-hybridized carbons (Fsp3) is 0.414. The number of aryl methyl sites for hydroxylation is 1. The number of fused-ring (bicyclic) bond motifs is 1. The highest BCUT2D eigenvalue weighted by Gasteiger charge is 2.42. The molecule has 5 nitrogen and oxygen atoms in total. The smallest absolute Gasteiger partial charge is 0.243 e. The molecule has 2 heterocycles. The van der Waals surface area contributed by atoms with Crippen LogP contribution in [-0.4, -0.2) is 42.7 Å². The number of hydrogen-bond acceptors (Lipinski definition) is 4. The van der Waals surface area contributed by atoms with Crippen molar-refractivity contribution in [3.8, 4) is 0 Å². The van der Waals surface area contributed by atoms with Crippen LogP contribution in [0.4, 0.5) is 0 Å². The van der Waals surface area contributed by atoms with Crippen LogP contribution >= 0.6 is 11.3 Å². The van der Waals surface area contributed by atoms with E-state index in [1.165, 1.54) is 14.7 Å². The van der Waals surface area contributed by atoms with Crippen LogP contribution < -0.4 is 0 Å². The second-order valence-corrected chi connectivity index (χ2v) is 13.9. The number of amides is 1. The molecule has 190 valence electrons. The molecule has 1 saturated carbocycles. The van der Waals surface area contributed by atoms with Gasteiger partial charge in [-0.3, -0.25) is 4.79 Å². The first-order valence-electron chi connectivity index (χ1n) is 12.6. The van der Waals surface area contributed by atoms with Gasteiger partial charge in [0.1, 0.15) is 0 Å². The second kappa shape index (κ2) is 9.43. The van der Waals surface area contributed by atoms with Crippen LogP contribution in [-0.2, 0) is 26.7 Å². The third kappa shape index (κ3) is 4.89. The summed E-state index contributed by atoms with van der Waals surface area (Å²) in [5, 5.41) is 2.09. The Morgan fingerprint density at radius 2 is 1.69 bits per heavy atom. The van der Waals surface area contributed by atoms with Gasteiger partial charge in [0.25, 0.3) is 0 Å². The van der Waals surface area contributed by atoms with Gasteiger partial charge in [0, 0.05) is 17.5 Å². The van der Waals surface area contributed by atoms with Crippen molar-refractivity contribution in [3.63, 3.8) is 0 Å². The summed E-state index contributed by atoms with van der Waals surface area (Å²) in [6, 6.07) is 17.2. The number of hydrogen-bond donors (Lipinski definition) is 0. The summed E-state index contributed by atoms with van der Waals surface area (Å²) in [4.78, 5) is 17.2. The minimum absolute atomic E-state index is 0.0613. The molecule has 1 aromatic heterocycles. The molecule has 2 aliphatic rings. The van der Waals surface area contributed by atoms with Crippen LogP contribution in [0.15, 0.2) is 64.9 Å². The van der Waals surface area contributed by atoms with Crippen LogP contribution in [0.5, 0.6) is 0 Å². The summed E-state index contributed by atoms with van der Waals surface area (Å²) >= 11 is 1.73. The third-order valence-electron chi connectivity index (χ3n) is 7.25. The molecular weight excluding hydrogens is 488 g/mol. The number of carbonyl (C=O) groups is 1. The molecule has 0 bridgehead atoms. The Kier molecular flexibility index (Phi) is 6.60. The summed E-state index contributed by atoms with van der Waals surface area (Å²) in [5.74, 6) is -0.140. The summed E-state index contributed by atoms with van der Waals surface area (Å²) < 4.78 is 28.8. The first kappa shape index (κ1) is 25.2. The largest absolute Gasteiger partial charge is 0.330 e. The van der Waals surface area contributed by atoms with Gasteiger partial charge < -0.3 is 4.90 Å². The minimum Gasteiger partial charge on any atom is -0.330 e. The fourth-order valence-corrected chi connectivity index (χ4v) is 7.49. The molecule has 0 N–H and O–H groups in total. The van der Waals surface area contributed by atoms with Gasteiger partial charge in [-0.05, 0) is 71.9 Å². The maximum atomic E-state index is 13.8. The van der Waals surface area contributed by atoms with E-state index in [4.69, 9.17) is 0 Å². The maximum absolute atomic E-state index is 13.8.